The van der Waals surface area contributed by atoms with Gasteiger partial charge in [-0.15, -0.1) is 6.42 Å². The van der Waals surface area contributed by atoms with Gasteiger partial charge in [0.15, 0.2) is 0 Å². The summed E-state index contributed by atoms with van der Waals surface area (Å²) in [6, 6.07) is 4.32. The van der Waals surface area contributed by atoms with Crippen molar-refractivity contribution in [3.05, 3.63) is 23.8 Å². The molecule has 1 rings (SSSR count). The predicted octanol–water partition coefficient (Wildman–Crippen LogP) is 0.888. The molecule has 0 aliphatic rings. The largest absolute Gasteiger partial charge is 0.508 e. The zero-order valence-corrected chi connectivity index (χ0v) is 16.3. The number of phenols is 1. The molecule has 0 bridgehead atoms. The lowest BCUT2D eigenvalue weighted by molar-refractivity contribution is 0.280. The molecule has 0 aromatic heterocycles. The highest BCUT2D eigenvalue weighted by Gasteiger charge is 1.99. The van der Waals surface area contributed by atoms with E-state index in [1.807, 2.05) is 0 Å². The summed E-state index contributed by atoms with van der Waals surface area (Å²) in [6.07, 6.45) is 7.26. The Morgan fingerprint density at radius 3 is 1.41 bits per heavy atom. The maximum absolute atomic E-state index is 9.46. The molecule has 0 radical (unpaired) electrons. The van der Waals surface area contributed by atoms with Crippen LogP contribution in [0.25, 0.3) is 0 Å². The van der Waals surface area contributed by atoms with Crippen LogP contribution in [0.1, 0.15) is 5.56 Å². The summed E-state index contributed by atoms with van der Waals surface area (Å²) >= 11 is 0. The summed E-state index contributed by atoms with van der Waals surface area (Å²) in [6.45, 7) is -0.226. The molecule has 0 unspecified atom stereocenters. The molecule has 142 valence electrons. The van der Waals surface area contributed by atoms with E-state index in [-0.39, 0.29) is 18.1 Å². The third-order valence-corrected chi connectivity index (χ3v) is 2.55. The van der Waals surface area contributed by atoms with Crippen LogP contribution in [-0.2, 0) is 6.61 Å². The van der Waals surface area contributed by atoms with Gasteiger partial charge in [-0.25, -0.2) is 0 Å². The van der Waals surface area contributed by atoms with Crippen molar-refractivity contribution in [1.29, 1.82) is 0 Å². The van der Waals surface area contributed by atoms with Crippen molar-refractivity contribution in [2.24, 2.45) is 0 Å². The standard InChI is InChI=1S/C29H8O3/c1-2-3-4-5-6-7-8-9-10-11-12-13-14-15-16-17-18-19-20-21-22-32-29-24-27(26-30)23-28(31)25-29/h1,23-25,30-31H,26H2. The number of rotatable bonds is 2. The van der Waals surface area contributed by atoms with Crippen molar-refractivity contribution in [2.75, 3.05) is 0 Å². The predicted molar refractivity (Wildman–Crippen MR) is 121 cm³/mol. The van der Waals surface area contributed by atoms with Crippen LogP contribution in [0, 0.1) is 131 Å². The highest BCUT2D eigenvalue weighted by molar-refractivity contribution is 5.47. The van der Waals surface area contributed by atoms with E-state index < -0.39 is 0 Å². The molecule has 0 saturated heterocycles. The summed E-state index contributed by atoms with van der Waals surface area (Å²) in [7, 11) is 0. The number of phenolic OH excluding ortho intramolecular Hbond substituents is 1. The Hall–Kier alpha value is -6.06. The van der Waals surface area contributed by atoms with Gasteiger partial charge in [-0.05, 0) is 65.1 Å². The van der Waals surface area contributed by atoms with Crippen LogP contribution >= 0.6 is 0 Å². The lowest BCUT2D eigenvalue weighted by Gasteiger charge is -2.01. The van der Waals surface area contributed by atoms with Gasteiger partial charge in [0.2, 0.25) is 0 Å². The number of hydrogen-bond acceptors (Lipinski definition) is 3. The van der Waals surface area contributed by atoms with Gasteiger partial charge < -0.3 is 14.9 Å². The van der Waals surface area contributed by atoms with Crippen LogP contribution < -0.4 is 4.74 Å². The third kappa shape index (κ3) is 13.2. The minimum Gasteiger partial charge on any atom is -0.508 e. The quantitative estimate of drug-likeness (QED) is 0.720. The molecule has 32 heavy (non-hydrogen) atoms. The SMILES string of the molecule is C#CC#CC#CC#CC#CC#CC#CC#CC#CC#CC#COc1cc(O)cc(CO)c1. The van der Waals surface area contributed by atoms with Crippen molar-refractivity contribution in [3.63, 3.8) is 0 Å². The number of ether oxygens (including phenoxy) is 1. The lowest BCUT2D eigenvalue weighted by atomic mass is 10.2. The van der Waals surface area contributed by atoms with Gasteiger partial charge in [0.25, 0.3) is 0 Å². The van der Waals surface area contributed by atoms with E-state index in [9.17, 15) is 5.11 Å². The van der Waals surface area contributed by atoms with Gasteiger partial charge in [0.05, 0.1) is 6.61 Å². The van der Waals surface area contributed by atoms with E-state index in [4.69, 9.17) is 16.3 Å². The molecule has 1 aromatic carbocycles. The highest BCUT2D eigenvalue weighted by Crippen LogP contribution is 2.21. The van der Waals surface area contributed by atoms with Crippen LogP contribution in [0.4, 0.5) is 0 Å². The van der Waals surface area contributed by atoms with E-state index in [1.54, 1.807) is 6.07 Å². The van der Waals surface area contributed by atoms with Crippen LogP contribution in [0.5, 0.6) is 11.5 Å². The highest BCUT2D eigenvalue weighted by atomic mass is 16.5. The summed E-state index contributed by atoms with van der Waals surface area (Å²) in [5, 5.41) is 18.5. The summed E-state index contributed by atoms with van der Waals surface area (Å²) in [4.78, 5) is 0. The normalized spacial score (nSPS) is 5.88. The molecular weight excluding hydrogens is 396 g/mol. The van der Waals surface area contributed by atoms with Crippen LogP contribution in [-0.4, -0.2) is 10.2 Å². The van der Waals surface area contributed by atoms with Crippen molar-refractivity contribution >= 4 is 0 Å². The summed E-state index contributed by atoms with van der Waals surface area (Å²) < 4.78 is 5.09. The van der Waals surface area contributed by atoms with Gasteiger partial charge in [-0.3, -0.25) is 0 Å². The van der Waals surface area contributed by atoms with Crippen LogP contribution in [0.15, 0.2) is 18.2 Å². The number of aliphatic hydroxyl groups is 1. The lowest BCUT2D eigenvalue weighted by Crippen LogP contribution is -1.87. The molecule has 0 fully saturated rings. The van der Waals surface area contributed by atoms with Crippen molar-refractivity contribution < 1.29 is 14.9 Å². The monoisotopic (exact) mass is 404 g/mol. The Bertz CT molecular complexity index is 1550. The van der Waals surface area contributed by atoms with E-state index in [1.165, 1.54) is 12.1 Å². The Kier molecular flexibility index (Phi) is 12.8. The van der Waals surface area contributed by atoms with Gasteiger partial charge in [0, 0.05) is 77.1 Å². The van der Waals surface area contributed by atoms with Crippen molar-refractivity contribution in [1.82, 2.24) is 0 Å². The molecule has 0 amide bonds. The molecule has 0 atom stereocenters. The summed E-state index contributed by atoms with van der Waals surface area (Å²) in [5.74, 6) is 49.1. The fraction of sp³-hybridized carbons (Fsp3) is 0.0345. The first-order valence-electron chi connectivity index (χ1n) is 8.32. The Morgan fingerprint density at radius 2 is 1.00 bits per heavy atom. The van der Waals surface area contributed by atoms with Crippen LogP contribution in [0.3, 0.4) is 0 Å². The Labute approximate surface area is 188 Å². The average Bonchev–Trinajstić information content (AvgIpc) is 2.79. The van der Waals surface area contributed by atoms with E-state index in [0.717, 1.165) is 0 Å². The number of aliphatic hydroxyl groups excluding tert-OH is 1. The molecule has 0 aliphatic heterocycles. The molecule has 3 nitrogen and oxygen atoms in total. The molecule has 2 N–H and O–H groups in total. The van der Waals surface area contributed by atoms with Gasteiger partial charge in [-0.1, -0.05) is 0 Å². The van der Waals surface area contributed by atoms with Gasteiger partial charge in [0.1, 0.15) is 17.6 Å². The van der Waals surface area contributed by atoms with E-state index in [0.29, 0.717) is 5.56 Å². The third-order valence-electron chi connectivity index (χ3n) is 2.55. The zero-order chi connectivity index (χ0) is 23.1. The molecule has 1 aromatic rings. The second-order valence-electron chi connectivity index (χ2n) is 4.72. The topological polar surface area (TPSA) is 49.7 Å². The number of terminal acetylenes is 1. The first kappa shape index (κ1) is 24.0. The second kappa shape index (κ2) is 17.1. The average molecular weight is 404 g/mol. The smallest absolute Gasteiger partial charge is 0.144 e. The Morgan fingerprint density at radius 1 is 0.594 bits per heavy atom. The van der Waals surface area contributed by atoms with Crippen molar-refractivity contribution in [2.45, 2.75) is 6.61 Å². The minimum absolute atomic E-state index is 0.0369. The number of hydrogen-bond donors (Lipinski definition) is 2. The van der Waals surface area contributed by atoms with Gasteiger partial charge in [-0.2, -0.15) is 0 Å². The first-order valence-corrected chi connectivity index (χ1v) is 8.32. The maximum Gasteiger partial charge on any atom is 0.144 e. The molecule has 0 spiro atoms. The number of benzene rings is 1. The second-order valence-corrected chi connectivity index (χ2v) is 4.72. The fourth-order valence-electron chi connectivity index (χ4n) is 1.47. The molecule has 0 aliphatic carbocycles. The maximum atomic E-state index is 9.46. The van der Waals surface area contributed by atoms with Crippen molar-refractivity contribution in [3.8, 4) is 142 Å². The molecular formula is C29H8O3. The van der Waals surface area contributed by atoms with E-state index >= 15 is 0 Å². The fourth-order valence-corrected chi connectivity index (χ4v) is 1.47. The molecule has 3 heteroatoms. The molecule has 0 heterocycles. The molecule has 0 saturated carbocycles. The van der Waals surface area contributed by atoms with Crippen LogP contribution in [0.2, 0.25) is 0 Å². The Balaban J connectivity index is 2.46. The minimum atomic E-state index is -0.226. The summed E-state index contributed by atoms with van der Waals surface area (Å²) in [5.41, 5.74) is 0.499. The van der Waals surface area contributed by atoms with E-state index in [2.05, 4.69) is 125 Å². The van der Waals surface area contributed by atoms with Gasteiger partial charge >= 0.3 is 0 Å². The first-order chi connectivity index (χ1) is 15.8. The number of aromatic hydroxyl groups is 1. The zero-order valence-electron chi connectivity index (χ0n) is 16.3.